The number of aliphatic hydroxyl groups is 8. The molecular formula is C35H38F8N2O14S. The lowest BCUT2D eigenvalue weighted by Crippen LogP contribution is -2.65. The zero-order valence-corrected chi connectivity index (χ0v) is 31.3. The lowest BCUT2D eigenvalue weighted by molar-refractivity contribution is -0.376. The number of halogens is 8. The minimum atomic E-state index is -6.23. The van der Waals surface area contributed by atoms with E-state index in [1.807, 2.05) is 0 Å². The first kappa shape index (κ1) is 45.9. The number of ether oxygens (including phenoxy) is 6. The van der Waals surface area contributed by atoms with Gasteiger partial charge in [-0.1, -0.05) is 12.1 Å². The van der Waals surface area contributed by atoms with E-state index in [1.165, 1.54) is 30.5 Å². The average molecular weight is 895 g/mol. The number of nitrogens with zero attached hydrogens (tertiary/aromatic N) is 2. The van der Waals surface area contributed by atoms with E-state index in [4.69, 9.17) is 23.7 Å². The summed E-state index contributed by atoms with van der Waals surface area (Å²) in [4.78, 5) is 7.19. The van der Waals surface area contributed by atoms with Gasteiger partial charge in [-0.25, -0.2) is 9.97 Å². The second-order valence-corrected chi connectivity index (χ2v) is 15.1. The number of hydrogen-bond acceptors (Lipinski definition) is 17. The van der Waals surface area contributed by atoms with Crippen LogP contribution >= 0.6 is 11.3 Å². The highest BCUT2D eigenvalue weighted by Crippen LogP contribution is 2.52. The second kappa shape index (κ2) is 18.0. The largest absolute Gasteiger partial charge is 0.487 e. The van der Waals surface area contributed by atoms with Crippen LogP contribution in [0.4, 0.5) is 35.1 Å². The Labute approximate surface area is 337 Å². The molecule has 3 aliphatic rings. The molecule has 11 atom stereocenters. The van der Waals surface area contributed by atoms with Gasteiger partial charge in [0.1, 0.15) is 53.8 Å². The summed E-state index contributed by atoms with van der Waals surface area (Å²) in [6, 6.07) is 6.14. The van der Waals surface area contributed by atoms with Crippen LogP contribution in [-0.2, 0) is 26.2 Å². The Morgan fingerprint density at radius 2 is 1.40 bits per heavy atom. The van der Waals surface area contributed by atoms with E-state index in [1.54, 1.807) is 0 Å². The van der Waals surface area contributed by atoms with Gasteiger partial charge in [-0.3, -0.25) is 0 Å². The maximum atomic E-state index is 13.8. The Hall–Kier alpha value is -3.60. The molecule has 1 saturated carbocycles. The maximum Gasteiger partial charge on any atom is 0.433 e. The lowest BCUT2D eigenvalue weighted by Gasteiger charge is -2.45. The molecule has 2 aliphatic heterocycles. The minimum absolute atomic E-state index is 0.0890. The third-order valence-electron chi connectivity index (χ3n) is 9.84. The average Bonchev–Trinajstić information content (AvgIpc) is 3.88. The minimum Gasteiger partial charge on any atom is -0.487 e. The zero-order valence-electron chi connectivity index (χ0n) is 30.4. The molecule has 0 bridgehead atoms. The molecule has 4 unspecified atom stereocenters. The van der Waals surface area contributed by atoms with Gasteiger partial charge in [0.15, 0.2) is 17.8 Å². The number of aliphatic hydroxyl groups excluding tert-OH is 7. The highest BCUT2D eigenvalue weighted by molar-refractivity contribution is 7.11. The molecule has 1 aromatic carbocycles. The summed E-state index contributed by atoms with van der Waals surface area (Å²) in [5.41, 5.74) is -4.93. The van der Waals surface area contributed by atoms with Crippen LogP contribution < -0.4 is 14.2 Å². The third-order valence-corrected chi connectivity index (χ3v) is 11.1. The molecule has 8 N–H and O–H groups in total. The smallest absolute Gasteiger partial charge is 0.433 e. The summed E-state index contributed by atoms with van der Waals surface area (Å²) in [6.07, 6.45) is -27.4. The quantitative estimate of drug-likeness (QED) is 0.101. The van der Waals surface area contributed by atoms with Gasteiger partial charge < -0.3 is 69.3 Å². The van der Waals surface area contributed by atoms with Crippen molar-refractivity contribution in [1.82, 2.24) is 9.97 Å². The molecule has 4 heterocycles. The van der Waals surface area contributed by atoms with Crippen LogP contribution in [0.15, 0.2) is 42.7 Å². The van der Waals surface area contributed by atoms with Crippen molar-refractivity contribution < 1.29 is 104 Å². The van der Waals surface area contributed by atoms with E-state index in [2.05, 4.69) is 14.7 Å². The summed E-state index contributed by atoms with van der Waals surface area (Å²) in [6.45, 7) is -4.94. The lowest BCUT2D eigenvalue weighted by atomic mass is 9.91. The van der Waals surface area contributed by atoms with Gasteiger partial charge in [-0.2, -0.15) is 35.1 Å². The second-order valence-electron chi connectivity index (χ2n) is 14.1. The van der Waals surface area contributed by atoms with Gasteiger partial charge in [0.2, 0.25) is 12.2 Å². The topological polar surface area (TPSA) is 243 Å². The molecule has 6 rings (SSSR count). The summed E-state index contributed by atoms with van der Waals surface area (Å²) >= 11 is -0.0890. The highest BCUT2D eigenvalue weighted by Gasteiger charge is 2.73. The van der Waals surface area contributed by atoms with Crippen molar-refractivity contribution in [2.24, 2.45) is 0 Å². The number of pyridine rings is 1. The number of alkyl halides is 8. The number of aromatic nitrogens is 2. The van der Waals surface area contributed by atoms with E-state index in [-0.39, 0.29) is 57.2 Å². The molecule has 60 heavy (non-hydrogen) atoms. The molecule has 3 fully saturated rings. The van der Waals surface area contributed by atoms with Crippen LogP contribution in [0, 0.1) is 0 Å². The molecule has 0 amide bonds. The number of thiazole rings is 1. The first-order chi connectivity index (χ1) is 28.2. The molecule has 0 spiro atoms. The molecule has 2 aromatic heterocycles. The standard InChI is InChI=1S/C35H38F8N2O14S/c36-32(37)57-17-5-2-14(8-18(17)54-15-3-4-15)16(21-10-45-31(60-21)33(53,34(38,39)40)35(41,42)43)7-13-1-6-22(44-9-13)58-29-27(52)25(50)28(20(12-47)56-29)59-30-26(51)24(49)23(48)19(11-46)55-30/h1-2,5-6,8-10,15-16,19-20,23-30,32,46-53H,3-4,7,11-12H2/t16-,19?,20?,23+,24?,25?,26+,27+,28+,29-,30-/m0/s1. The van der Waals surface area contributed by atoms with Crippen molar-refractivity contribution in [1.29, 1.82) is 0 Å². The van der Waals surface area contributed by atoms with Gasteiger partial charge >= 0.3 is 24.6 Å². The van der Waals surface area contributed by atoms with Gasteiger partial charge in [0, 0.05) is 29.3 Å². The molecule has 25 heteroatoms. The first-order valence-electron chi connectivity index (χ1n) is 17.9. The molecule has 1 aliphatic carbocycles. The van der Waals surface area contributed by atoms with E-state index in [9.17, 15) is 76.0 Å². The molecule has 16 nitrogen and oxygen atoms in total. The van der Waals surface area contributed by atoms with Gasteiger partial charge in [0.25, 0.3) is 0 Å². The van der Waals surface area contributed by atoms with Gasteiger partial charge in [-0.05, 0) is 42.5 Å². The normalized spacial score (nSPS) is 29.7. The van der Waals surface area contributed by atoms with Gasteiger partial charge in [0.05, 0.1) is 19.3 Å². The molecular weight excluding hydrogens is 856 g/mol. The fourth-order valence-electron chi connectivity index (χ4n) is 6.40. The fourth-order valence-corrected chi connectivity index (χ4v) is 7.58. The SMILES string of the molecule is OCC1O[C@@H](O[C@@H]2C(CO)O[C@@H](Oc3ccc(C[C@@H](c4ccc(OC(F)F)c(OC5CC5)c4)c4cnc(C(O)(C(F)(F)F)C(F)(F)F)s4)cn3)[C@H](O)C2O)[C@H](O)C(O)[C@@H]1O. The van der Waals surface area contributed by atoms with Crippen LogP contribution in [-0.4, -0.2) is 151 Å². The highest BCUT2D eigenvalue weighted by atomic mass is 32.1. The van der Waals surface area contributed by atoms with Crippen molar-refractivity contribution >= 4 is 11.3 Å². The Morgan fingerprint density at radius 3 is 1.98 bits per heavy atom. The molecule has 3 aromatic rings. The first-order valence-corrected chi connectivity index (χ1v) is 18.8. The van der Waals surface area contributed by atoms with Crippen molar-refractivity contribution in [3.05, 3.63) is 63.7 Å². The van der Waals surface area contributed by atoms with Crippen molar-refractivity contribution in [3.63, 3.8) is 0 Å². The van der Waals surface area contributed by atoms with Crippen molar-refractivity contribution in [2.45, 2.75) is 117 Å². The number of rotatable bonds is 15. The Bertz CT molecular complexity index is 1870. The Kier molecular flexibility index (Phi) is 13.8. The number of hydrogen-bond donors (Lipinski definition) is 8. The van der Waals surface area contributed by atoms with Crippen LogP contribution in [0.3, 0.4) is 0 Å². The molecule has 2 saturated heterocycles. The van der Waals surface area contributed by atoms with Crippen LogP contribution in [0.5, 0.6) is 17.4 Å². The Morgan fingerprint density at radius 1 is 0.750 bits per heavy atom. The molecule has 0 radical (unpaired) electrons. The van der Waals surface area contributed by atoms with E-state index in [0.717, 1.165) is 6.07 Å². The van der Waals surface area contributed by atoms with Crippen LogP contribution in [0.1, 0.15) is 39.8 Å². The van der Waals surface area contributed by atoms with Crippen molar-refractivity contribution in [3.8, 4) is 17.4 Å². The number of benzene rings is 1. The summed E-state index contributed by atoms with van der Waals surface area (Å²) in [5.74, 6) is -2.00. The molecule has 334 valence electrons. The Balaban J connectivity index is 1.23. The van der Waals surface area contributed by atoms with E-state index in [0.29, 0.717) is 19.0 Å². The summed E-state index contributed by atoms with van der Waals surface area (Å²) < 4.78 is 141. The van der Waals surface area contributed by atoms with Crippen LogP contribution in [0.25, 0.3) is 0 Å². The predicted molar refractivity (Wildman–Crippen MR) is 182 cm³/mol. The van der Waals surface area contributed by atoms with Crippen molar-refractivity contribution in [2.75, 3.05) is 13.2 Å². The van der Waals surface area contributed by atoms with E-state index >= 15 is 0 Å². The van der Waals surface area contributed by atoms with Gasteiger partial charge in [-0.15, -0.1) is 11.3 Å². The fraction of sp³-hybridized carbons (Fsp3) is 0.600. The predicted octanol–water partition coefficient (Wildman–Crippen LogP) is 1.37. The van der Waals surface area contributed by atoms with Crippen LogP contribution in [0.2, 0.25) is 0 Å². The zero-order chi connectivity index (χ0) is 43.9. The summed E-state index contributed by atoms with van der Waals surface area (Å²) in [7, 11) is 0. The monoisotopic (exact) mass is 894 g/mol. The third kappa shape index (κ3) is 9.56. The summed E-state index contributed by atoms with van der Waals surface area (Å²) in [5, 5.41) is 80.0. The van der Waals surface area contributed by atoms with E-state index < -0.39 is 110 Å². The maximum absolute atomic E-state index is 13.8.